The van der Waals surface area contributed by atoms with Crippen LogP contribution in [0.25, 0.3) is 6.08 Å². The minimum absolute atomic E-state index is 0.0404. The van der Waals surface area contributed by atoms with Gasteiger partial charge in [0.1, 0.15) is 6.54 Å². The average molecular weight is 450 g/mol. The number of imidazole rings is 1. The Morgan fingerprint density at radius 1 is 1.25 bits per heavy atom. The molecule has 1 aliphatic rings. The predicted octanol–water partition coefficient (Wildman–Crippen LogP) is 3.15. The van der Waals surface area contributed by atoms with Crippen molar-refractivity contribution in [3.63, 3.8) is 0 Å². The number of pyridine rings is 1. The molecule has 2 amide bonds. The van der Waals surface area contributed by atoms with E-state index in [0.717, 1.165) is 28.8 Å². The van der Waals surface area contributed by atoms with Gasteiger partial charge in [-0.25, -0.2) is 4.98 Å². The molecule has 8 heteroatoms. The van der Waals surface area contributed by atoms with E-state index in [0.29, 0.717) is 24.7 Å². The molecule has 164 valence electrons. The smallest absolute Gasteiger partial charge is 0.246 e. The third-order valence-electron chi connectivity index (χ3n) is 5.54. The van der Waals surface area contributed by atoms with Gasteiger partial charge in [-0.3, -0.25) is 14.6 Å². The summed E-state index contributed by atoms with van der Waals surface area (Å²) < 4.78 is 1.72. The van der Waals surface area contributed by atoms with Gasteiger partial charge in [0.15, 0.2) is 0 Å². The first-order chi connectivity index (χ1) is 15.5. The average Bonchev–Trinajstić information content (AvgIpc) is 3.30. The van der Waals surface area contributed by atoms with Crippen LogP contribution in [0.1, 0.15) is 27.9 Å². The Bertz CT molecular complexity index is 1140. The van der Waals surface area contributed by atoms with Crippen molar-refractivity contribution in [3.8, 4) is 0 Å². The summed E-state index contributed by atoms with van der Waals surface area (Å²) in [7, 11) is 0. The van der Waals surface area contributed by atoms with Gasteiger partial charge < -0.3 is 14.8 Å². The lowest BCUT2D eigenvalue weighted by molar-refractivity contribution is -0.126. The maximum atomic E-state index is 12.7. The molecule has 0 spiro atoms. The summed E-state index contributed by atoms with van der Waals surface area (Å²) in [5, 5.41) is 3.64. The van der Waals surface area contributed by atoms with Gasteiger partial charge >= 0.3 is 0 Å². The lowest BCUT2D eigenvalue weighted by atomic mass is 9.94. The lowest BCUT2D eigenvalue weighted by Crippen LogP contribution is -2.36. The van der Waals surface area contributed by atoms with E-state index < -0.39 is 0 Å². The van der Waals surface area contributed by atoms with Crippen LogP contribution in [0.3, 0.4) is 0 Å². The minimum atomic E-state index is -0.0834. The summed E-state index contributed by atoms with van der Waals surface area (Å²) in [5.41, 5.74) is 5.05. The molecule has 1 aliphatic heterocycles. The third kappa shape index (κ3) is 5.23. The van der Waals surface area contributed by atoms with Gasteiger partial charge in [-0.2, -0.15) is 0 Å². The number of hydrogen-bond donors (Lipinski definition) is 1. The van der Waals surface area contributed by atoms with Crippen molar-refractivity contribution in [1.82, 2.24) is 24.8 Å². The van der Waals surface area contributed by atoms with Gasteiger partial charge in [0.05, 0.1) is 6.33 Å². The second kappa shape index (κ2) is 9.78. The number of nitrogens with zero attached hydrogens (tertiary/aromatic N) is 4. The first-order valence-corrected chi connectivity index (χ1v) is 10.8. The molecule has 0 unspecified atom stereocenters. The maximum Gasteiger partial charge on any atom is 0.246 e. The fourth-order valence-electron chi connectivity index (χ4n) is 3.78. The monoisotopic (exact) mass is 449 g/mol. The Labute approximate surface area is 191 Å². The fourth-order valence-corrected chi connectivity index (χ4v) is 3.91. The largest absolute Gasteiger partial charge is 0.350 e. The molecule has 0 radical (unpaired) electrons. The first-order valence-electron chi connectivity index (χ1n) is 10.4. The molecule has 3 aromatic rings. The van der Waals surface area contributed by atoms with Crippen molar-refractivity contribution in [2.75, 3.05) is 6.54 Å². The quantitative estimate of drug-likeness (QED) is 0.586. The number of carbonyl (C=O) groups is 2. The molecule has 0 fully saturated rings. The molecule has 32 heavy (non-hydrogen) atoms. The molecule has 0 saturated heterocycles. The second-order valence-electron chi connectivity index (χ2n) is 7.73. The number of rotatable bonds is 6. The van der Waals surface area contributed by atoms with Gasteiger partial charge in [-0.15, -0.1) is 0 Å². The number of benzene rings is 1. The molecule has 0 atom stereocenters. The predicted molar refractivity (Wildman–Crippen MR) is 123 cm³/mol. The van der Waals surface area contributed by atoms with E-state index in [2.05, 4.69) is 15.3 Å². The topological polar surface area (TPSA) is 80.1 Å². The summed E-state index contributed by atoms with van der Waals surface area (Å²) in [6.45, 7) is 3.71. The van der Waals surface area contributed by atoms with E-state index in [1.54, 1.807) is 47.6 Å². The SMILES string of the molecule is Cc1ncc2c(c1CNC(=O)Cn1ccnc1)CCN(C(=O)C=Cc1ccc(Cl)cc1)C2. The van der Waals surface area contributed by atoms with Crippen LogP contribution >= 0.6 is 11.6 Å². The Kier molecular flexibility index (Phi) is 6.66. The molecule has 0 saturated carbocycles. The maximum absolute atomic E-state index is 12.7. The van der Waals surface area contributed by atoms with Crippen LogP contribution in [0.15, 0.2) is 55.3 Å². The third-order valence-corrected chi connectivity index (χ3v) is 5.80. The highest BCUT2D eigenvalue weighted by atomic mass is 35.5. The summed E-state index contributed by atoms with van der Waals surface area (Å²) >= 11 is 5.91. The van der Waals surface area contributed by atoms with Crippen molar-refractivity contribution in [2.45, 2.75) is 33.0 Å². The normalized spacial score (nSPS) is 13.2. The highest BCUT2D eigenvalue weighted by Gasteiger charge is 2.23. The van der Waals surface area contributed by atoms with E-state index in [1.165, 1.54) is 5.56 Å². The van der Waals surface area contributed by atoms with Gasteiger partial charge in [-0.05, 0) is 53.8 Å². The fraction of sp³-hybridized carbons (Fsp3) is 0.250. The zero-order valence-corrected chi connectivity index (χ0v) is 18.5. The van der Waals surface area contributed by atoms with E-state index in [1.807, 2.05) is 30.2 Å². The lowest BCUT2D eigenvalue weighted by Gasteiger charge is -2.30. The van der Waals surface area contributed by atoms with Crippen LogP contribution in [0.5, 0.6) is 0 Å². The number of nitrogens with one attached hydrogen (secondary N) is 1. The van der Waals surface area contributed by atoms with Crippen LogP contribution < -0.4 is 5.32 Å². The minimum Gasteiger partial charge on any atom is -0.350 e. The number of hydrogen-bond acceptors (Lipinski definition) is 4. The standard InChI is InChI=1S/C24H24ClN5O2/c1-17-22(13-28-23(31)15-29-11-9-26-16-29)21-8-10-30(14-19(21)12-27-17)24(32)7-4-18-2-5-20(25)6-3-18/h2-7,9,11-12,16H,8,10,13-15H2,1H3,(H,28,31). The Hall–Kier alpha value is -3.45. The van der Waals surface area contributed by atoms with Gasteiger partial charge in [0.25, 0.3) is 0 Å². The van der Waals surface area contributed by atoms with Crippen LogP contribution in [-0.2, 0) is 35.6 Å². The molecule has 0 bridgehead atoms. The van der Waals surface area contributed by atoms with Crippen LogP contribution in [0.4, 0.5) is 0 Å². The molecule has 7 nitrogen and oxygen atoms in total. The highest BCUT2D eigenvalue weighted by molar-refractivity contribution is 6.30. The molecule has 3 heterocycles. The number of halogens is 1. The molecule has 2 aromatic heterocycles. The van der Waals surface area contributed by atoms with Crippen molar-refractivity contribution in [2.24, 2.45) is 0 Å². The van der Waals surface area contributed by atoms with E-state index >= 15 is 0 Å². The molecule has 1 aromatic carbocycles. The van der Waals surface area contributed by atoms with E-state index in [4.69, 9.17) is 11.6 Å². The first kappa shape index (κ1) is 21.8. The number of fused-ring (bicyclic) bond motifs is 1. The Morgan fingerprint density at radius 2 is 2.06 bits per heavy atom. The summed E-state index contributed by atoms with van der Waals surface area (Å²) in [4.78, 5) is 35.2. The zero-order chi connectivity index (χ0) is 22.5. The second-order valence-corrected chi connectivity index (χ2v) is 8.17. The summed E-state index contributed by atoms with van der Waals surface area (Å²) in [6.07, 6.45) is 11.0. The molecular weight excluding hydrogens is 426 g/mol. The van der Waals surface area contributed by atoms with E-state index in [9.17, 15) is 9.59 Å². The van der Waals surface area contributed by atoms with Crippen molar-refractivity contribution in [1.29, 1.82) is 0 Å². The Balaban J connectivity index is 1.40. The number of aryl methyl sites for hydroxylation is 1. The number of carbonyl (C=O) groups excluding carboxylic acids is 2. The Morgan fingerprint density at radius 3 is 2.81 bits per heavy atom. The van der Waals surface area contributed by atoms with Crippen molar-refractivity contribution < 1.29 is 9.59 Å². The highest BCUT2D eigenvalue weighted by Crippen LogP contribution is 2.24. The molecule has 0 aliphatic carbocycles. The van der Waals surface area contributed by atoms with Crippen LogP contribution in [0, 0.1) is 6.92 Å². The zero-order valence-electron chi connectivity index (χ0n) is 17.8. The van der Waals surface area contributed by atoms with E-state index in [-0.39, 0.29) is 18.4 Å². The summed E-state index contributed by atoms with van der Waals surface area (Å²) in [5.74, 6) is -0.124. The van der Waals surface area contributed by atoms with Crippen molar-refractivity contribution in [3.05, 3.63) is 88.2 Å². The molecular formula is C24H24ClN5O2. The molecule has 1 N–H and O–H groups in total. The van der Waals surface area contributed by atoms with Crippen LogP contribution in [-0.4, -0.2) is 37.8 Å². The number of aromatic nitrogens is 3. The molecule has 4 rings (SSSR count). The van der Waals surface area contributed by atoms with Gasteiger partial charge in [0.2, 0.25) is 11.8 Å². The van der Waals surface area contributed by atoms with Crippen LogP contribution in [0.2, 0.25) is 5.02 Å². The van der Waals surface area contributed by atoms with Crippen molar-refractivity contribution >= 4 is 29.5 Å². The van der Waals surface area contributed by atoms with Gasteiger partial charge in [0, 0.05) is 55.0 Å². The summed E-state index contributed by atoms with van der Waals surface area (Å²) in [6, 6.07) is 7.34. The van der Waals surface area contributed by atoms with Gasteiger partial charge in [-0.1, -0.05) is 23.7 Å². The number of amides is 2.